The van der Waals surface area contributed by atoms with E-state index in [1.807, 2.05) is 17.0 Å². The van der Waals surface area contributed by atoms with Crippen molar-refractivity contribution in [1.29, 1.82) is 0 Å². The fraction of sp³-hybridized carbons (Fsp3) is 0.289. The number of hydrogen-bond donors (Lipinski definition) is 1. The third kappa shape index (κ3) is 5.16. The SMILES string of the molecule is COc1cccc2c1CC(F)(F)[C@@H]2Nc1nccc2cc(-c3c4c(nc(CCc5ccc(F)cc5)c3-c3nnc(C)o3)[C@@H]3CCCN3C4=O)sc12. The second kappa shape index (κ2) is 11.9. The first-order chi connectivity index (χ1) is 24.7. The molecule has 0 bridgehead atoms. The number of aromatic nitrogens is 4. The van der Waals surface area contributed by atoms with Crippen molar-refractivity contribution < 1.29 is 27.1 Å². The minimum atomic E-state index is -3.09. The van der Waals surface area contributed by atoms with E-state index in [4.69, 9.17) is 14.1 Å². The Balaban J connectivity index is 1.21. The highest BCUT2D eigenvalue weighted by Gasteiger charge is 2.49. The predicted molar refractivity (Wildman–Crippen MR) is 186 cm³/mol. The largest absolute Gasteiger partial charge is 0.496 e. The average molecular weight is 709 g/mol. The van der Waals surface area contributed by atoms with Gasteiger partial charge >= 0.3 is 0 Å². The maximum absolute atomic E-state index is 15.6. The van der Waals surface area contributed by atoms with Crippen molar-refractivity contribution in [2.45, 2.75) is 57.0 Å². The van der Waals surface area contributed by atoms with E-state index in [1.54, 1.807) is 43.5 Å². The number of carbonyl (C=O) groups is 1. The minimum absolute atomic E-state index is 0.109. The van der Waals surface area contributed by atoms with E-state index in [2.05, 4.69) is 20.5 Å². The lowest BCUT2D eigenvalue weighted by molar-refractivity contribution is -0.00734. The highest BCUT2D eigenvalue weighted by atomic mass is 32.1. The third-order valence-electron chi connectivity index (χ3n) is 10.1. The van der Waals surface area contributed by atoms with Crippen molar-refractivity contribution in [3.63, 3.8) is 0 Å². The summed E-state index contributed by atoms with van der Waals surface area (Å²) in [5, 5.41) is 12.4. The van der Waals surface area contributed by atoms with E-state index in [-0.39, 0.29) is 23.7 Å². The van der Waals surface area contributed by atoms with Crippen molar-refractivity contribution in [1.82, 2.24) is 25.1 Å². The molecule has 1 N–H and O–H groups in total. The number of nitrogens with zero attached hydrogens (tertiary/aromatic N) is 5. The highest BCUT2D eigenvalue weighted by Crippen LogP contribution is 2.52. The Kier molecular flexibility index (Phi) is 7.39. The molecule has 258 valence electrons. The quantitative estimate of drug-likeness (QED) is 0.168. The Labute approximate surface area is 294 Å². The van der Waals surface area contributed by atoms with Gasteiger partial charge in [0.25, 0.3) is 11.8 Å². The first-order valence-electron chi connectivity index (χ1n) is 16.8. The van der Waals surface area contributed by atoms with Gasteiger partial charge in [-0.15, -0.1) is 21.5 Å². The fourth-order valence-electron chi connectivity index (χ4n) is 7.83. The van der Waals surface area contributed by atoms with Crippen LogP contribution in [0.5, 0.6) is 5.75 Å². The number of ether oxygens (including phenoxy) is 1. The molecule has 6 heterocycles. The summed E-state index contributed by atoms with van der Waals surface area (Å²) in [6, 6.07) is 13.8. The number of fused-ring (bicyclic) bond motifs is 5. The van der Waals surface area contributed by atoms with E-state index in [1.165, 1.54) is 30.6 Å². The van der Waals surface area contributed by atoms with Crippen LogP contribution < -0.4 is 10.1 Å². The van der Waals surface area contributed by atoms with Crippen LogP contribution in [0.3, 0.4) is 0 Å². The number of nitrogens with one attached hydrogen (secondary N) is 1. The Bertz CT molecular complexity index is 2360. The van der Waals surface area contributed by atoms with Gasteiger partial charge in [0.05, 0.1) is 40.4 Å². The number of carbonyl (C=O) groups excluding carboxylic acids is 1. The minimum Gasteiger partial charge on any atom is -0.496 e. The molecule has 51 heavy (non-hydrogen) atoms. The molecule has 3 aliphatic rings. The summed E-state index contributed by atoms with van der Waals surface area (Å²) in [6.45, 7) is 2.33. The summed E-state index contributed by atoms with van der Waals surface area (Å²) in [4.78, 5) is 26.5. The van der Waals surface area contributed by atoms with Crippen molar-refractivity contribution >= 4 is 33.1 Å². The van der Waals surface area contributed by atoms with Crippen LogP contribution in [0, 0.1) is 12.7 Å². The van der Waals surface area contributed by atoms with Crippen LogP contribution in [0.4, 0.5) is 19.0 Å². The Morgan fingerprint density at radius 1 is 1.08 bits per heavy atom. The van der Waals surface area contributed by atoms with Gasteiger partial charge in [0, 0.05) is 42.1 Å². The van der Waals surface area contributed by atoms with Crippen LogP contribution in [0.1, 0.15) is 69.3 Å². The summed E-state index contributed by atoms with van der Waals surface area (Å²) < 4.78 is 57.1. The molecule has 13 heteroatoms. The first kappa shape index (κ1) is 31.7. The summed E-state index contributed by atoms with van der Waals surface area (Å²) in [5.41, 5.74) is 4.95. The van der Waals surface area contributed by atoms with Crippen LogP contribution in [0.15, 0.2) is 65.2 Å². The van der Waals surface area contributed by atoms with Gasteiger partial charge < -0.3 is 19.4 Å². The summed E-state index contributed by atoms with van der Waals surface area (Å²) in [6.07, 6.45) is 3.84. The molecular weight excluding hydrogens is 678 g/mol. The molecule has 0 saturated carbocycles. The highest BCUT2D eigenvalue weighted by molar-refractivity contribution is 7.23. The lowest BCUT2D eigenvalue weighted by Crippen LogP contribution is -2.28. The number of rotatable bonds is 8. The monoisotopic (exact) mass is 708 g/mol. The molecule has 0 unspecified atom stereocenters. The number of amides is 1. The Hall–Kier alpha value is -5.30. The zero-order valence-corrected chi connectivity index (χ0v) is 28.5. The maximum Gasteiger partial charge on any atom is 0.276 e. The molecule has 1 aliphatic carbocycles. The number of alkyl halides is 2. The molecule has 6 aromatic rings. The van der Waals surface area contributed by atoms with Crippen LogP contribution in [0.2, 0.25) is 0 Å². The first-order valence-corrected chi connectivity index (χ1v) is 17.6. The number of benzene rings is 2. The molecular formula is C38H31F3N6O3S. The van der Waals surface area contributed by atoms with Gasteiger partial charge in [-0.25, -0.2) is 18.2 Å². The predicted octanol–water partition coefficient (Wildman–Crippen LogP) is 8.28. The van der Waals surface area contributed by atoms with Crippen LogP contribution in [-0.2, 0) is 19.3 Å². The van der Waals surface area contributed by atoms with E-state index in [9.17, 15) is 9.18 Å². The van der Waals surface area contributed by atoms with Gasteiger partial charge in [0.2, 0.25) is 11.8 Å². The zero-order chi connectivity index (χ0) is 35.0. The van der Waals surface area contributed by atoms with Crippen molar-refractivity contribution in [3.8, 4) is 27.6 Å². The molecule has 1 fully saturated rings. The van der Waals surface area contributed by atoms with Gasteiger partial charge in [-0.3, -0.25) is 9.78 Å². The second-order valence-electron chi connectivity index (χ2n) is 13.2. The van der Waals surface area contributed by atoms with Crippen molar-refractivity contribution in [2.75, 3.05) is 19.0 Å². The van der Waals surface area contributed by atoms with Gasteiger partial charge in [0.15, 0.2) is 0 Å². The smallest absolute Gasteiger partial charge is 0.276 e. The van der Waals surface area contributed by atoms with E-state index in [0.29, 0.717) is 80.7 Å². The Morgan fingerprint density at radius 2 is 1.92 bits per heavy atom. The fourth-order valence-corrected chi connectivity index (χ4v) is 8.99. The number of aryl methyl sites for hydroxylation is 3. The van der Waals surface area contributed by atoms with Crippen molar-refractivity contribution in [2.24, 2.45) is 0 Å². The lowest BCUT2D eigenvalue weighted by atomic mass is 9.93. The van der Waals surface area contributed by atoms with Gasteiger partial charge in [-0.2, -0.15) is 0 Å². The van der Waals surface area contributed by atoms with Gasteiger partial charge in [0.1, 0.15) is 23.4 Å². The topological polar surface area (TPSA) is 106 Å². The number of methoxy groups -OCH3 is 1. The molecule has 1 amide bonds. The number of halogens is 3. The summed E-state index contributed by atoms with van der Waals surface area (Å²) in [5.74, 6) is -2.18. The normalized spacial score (nSPS) is 18.7. The molecule has 2 aliphatic heterocycles. The van der Waals surface area contributed by atoms with Crippen LogP contribution in [-0.4, -0.2) is 50.5 Å². The van der Waals surface area contributed by atoms with Gasteiger partial charge in [-0.05, 0) is 72.5 Å². The molecule has 1 saturated heterocycles. The standard InChI is InChI=1S/C38H31F3N6O3S/c1-19-45-46-36(50-19)29-25(13-10-20-8-11-22(39)12-9-20)43-32-26-6-4-16-47(26)37(48)31(32)30(29)28-17-21-14-15-42-35(33(21)51-28)44-34-23-5-3-7-27(49-2)24(23)18-38(34,40)41/h3,5,7-9,11-12,14-15,17,26,34H,4,6,10,13,16,18H2,1-2H3,(H,42,44)/t26-,34+/m0/s1. The third-order valence-corrected chi connectivity index (χ3v) is 11.3. The van der Waals surface area contributed by atoms with Crippen LogP contribution in [0.25, 0.3) is 32.0 Å². The summed E-state index contributed by atoms with van der Waals surface area (Å²) >= 11 is 1.36. The molecule has 2 atom stereocenters. The number of pyridine rings is 2. The van der Waals surface area contributed by atoms with E-state index in [0.717, 1.165) is 28.7 Å². The zero-order valence-electron chi connectivity index (χ0n) is 27.7. The number of hydrogen-bond acceptors (Lipinski definition) is 9. The molecule has 9 nitrogen and oxygen atoms in total. The maximum atomic E-state index is 15.6. The molecule has 2 aromatic carbocycles. The Morgan fingerprint density at radius 3 is 2.71 bits per heavy atom. The molecule has 4 aromatic heterocycles. The van der Waals surface area contributed by atoms with Gasteiger partial charge in [-0.1, -0.05) is 24.3 Å². The number of anilines is 1. The van der Waals surface area contributed by atoms with E-state index < -0.39 is 18.4 Å². The average Bonchev–Trinajstić information content (AvgIpc) is 3.95. The van der Waals surface area contributed by atoms with E-state index >= 15 is 8.78 Å². The summed E-state index contributed by atoms with van der Waals surface area (Å²) in [7, 11) is 1.48. The molecule has 0 spiro atoms. The second-order valence-corrected chi connectivity index (χ2v) is 14.3. The van der Waals surface area contributed by atoms with Crippen LogP contribution >= 0.6 is 11.3 Å². The lowest BCUT2D eigenvalue weighted by Gasteiger charge is -2.22. The molecule has 9 rings (SSSR count). The number of thiophene rings is 1. The van der Waals surface area contributed by atoms with Crippen molar-refractivity contribution in [3.05, 3.63) is 106 Å². The molecule has 0 radical (unpaired) electrons.